The smallest absolute Gasteiger partial charge is 0.126 e. The zero-order valence-electron chi connectivity index (χ0n) is 13.1. The van der Waals surface area contributed by atoms with Crippen molar-refractivity contribution in [2.75, 3.05) is 0 Å². The van der Waals surface area contributed by atoms with Crippen molar-refractivity contribution in [3.05, 3.63) is 70.5 Å². The number of nitrogens with two attached hydrogens (primary N) is 1. The van der Waals surface area contributed by atoms with Gasteiger partial charge in [-0.05, 0) is 40.7 Å². The minimum Gasteiger partial charge on any atom is -0.271 e. The van der Waals surface area contributed by atoms with Crippen LogP contribution in [0.4, 0.5) is 4.39 Å². The van der Waals surface area contributed by atoms with Crippen LogP contribution in [0.2, 0.25) is 0 Å². The Morgan fingerprint density at radius 3 is 2.33 bits per heavy atom. The highest BCUT2D eigenvalue weighted by Crippen LogP contribution is 2.32. The Bertz CT molecular complexity index is 629. The summed E-state index contributed by atoms with van der Waals surface area (Å²) in [5, 5.41) is 0. The number of benzene rings is 2. The van der Waals surface area contributed by atoms with Gasteiger partial charge in [0.2, 0.25) is 0 Å². The second-order valence-electron chi connectivity index (χ2n) is 6.45. The second-order valence-corrected chi connectivity index (χ2v) is 6.45. The summed E-state index contributed by atoms with van der Waals surface area (Å²) in [6, 6.07) is 13.2. The Balaban J connectivity index is 2.54. The molecule has 1 unspecified atom stereocenters. The lowest BCUT2D eigenvalue weighted by atomic mass is 9.80. The van der Waals surface area contributed by atoms with Crippen LogP contribution in [0.1, 0.15) is 49.1 Å². The van der Waals surface area contributed by atoms with Crippen molar-refractivity contribution < 1.29 is 4.39 Å². The molecule has 0 radical (unpaired) electrons. The van der Waals surface area contributed by atoms with Crippen LogP contribution in [0.15, 0.2) is 42.5 Å². The standard InChI is InChI=1S/C18H23FN2/c1-12-11-13(9-10-16(12)19)17(21-20)14-7-5-6-8-15(14)18(2,3)4/h5-11,17,21H,20H2,1-4H3. The summed E-state index contributed by atoms with van der Waals surface area (Å²) in [6.45, 7) is 8.29. The van der Waals surface area contributed by atoms with E-state index in [9.17, 15) is 4.39 Å². The molecule has 0 aliphatic heterocycles. The van der Waals surface area contributed by atoms with Crippen LogP contribution in [0.5, 0.6) is 0 Å². The number of hydrogen-bond donors (Lipinski definition) is 2. The largest absolute Gasteiger partial charge is 0.271 e. The van der Waals surface area contributed by atoms with Gasteiger partial charge in [-0.2, -0.15) is 0 Å². The molecular weight excluding hydrogens is 263 g/mol. The summed E-state index contributed by atoms with van der Waals surface area (Å²) in [5.74, 6) is 5.60. The van der Waals surface area contributed by atoms with Gasteiger partial charge in [0.05, 0.1) is 6.04 Å². The van der Waals surface area contributed by atoms with Crippen LogP contribution in [0.3, 0.4) is 0 Å². The van der Waals surface area contributed by atoms with E-state index in [0.717, 1.165) is 11.1 Å². The molecule has 0 aliphatic carbocycles. The Labute approximate surface area is 126 Å². The average Bonchev–Trinajstić information content (AvgIpc) is 2.43. The normalized spacial score (nSPS) is 13.2. The van der Waals surface area contributed by atoms with Gasteiger partial charge in [-0.25, -0.2) is 9.82 Å². The first-order valence-corrected chi connectivity index (χ1v) is 7.16. The maximum Gasteiger partial charge on any atom is 0.126 e. The molecule has 1 atom stereocenters. The first-order chi connectivity index (χ1) is 9.84. The zero-order chi connectivity index (χ0) is 15.6. The summed E-state index contributed by atoms with van der Waals surface area (Å²) < 4.78 is 13.5. The summed E-state index contributed by atoms with van der Waals surface area (Å²) >= 11 is 0. The third-order valence-electron chi connectivity index (χ3n) is 3.76. The molecule has 0 aromatic heterocycles. The minimum atomic E-state index is -0.196. The monoisotopic (exact) mass is 286 g/mol. The van der Waals surface area contributed by atoms with Crippen molar-refractivity contribution in [3.8, 4) is 0 Å². The molecule has 0 saturated heterocycles. The summed E-state index contributed by atoms with van der Waals surface area (Å²) in [6.07, 6.45) is 0. The molecule has 2 aromatic rings. The summed E-state index contributed by atoms with van der Waals surface area (Å²) in [7, 11) is 0. The van der Waals surface area contributed by atoms with E-state index in [1.54, 1.807) is 13.0 Å². The highest BCUT2D eigenvalue weighted by molar-refractivity contribution is 5.41. The summed E-state index contributed by atoms with van der Waals surface area (Å²) in [4.78, 5) is 0. The van der Waals surface area contributed by atoms with Gasteiger partial charge in [-0.1, -0.05) is 57.2 Å². The van der Waals surface area contributed by atoms with Crippen LogP contribution >= 0.6 is 0 Å². The van der Waals surface area contributed by atoms with Gasteiger partial charge in [0, 0.05) is 0 Å². The topological polar surface area (TPSA) is 38.0 Å². The molecule has 21 heavy (non-hydrogen) atoms. The van der Waals surface area contributed by atoms with Gasteiger partial charge < -0.3 is 0 Å². The molecule has 2 aromatic carbocycles. The van der Waals surface area contributed by atoms with Crippen molar-refractivity contribution in [1.82, 2.24) is 5.43 Å². The SMILES string of the molecule is Cc1cc(C(NN)c2ccccc2C(C)(C)C)ccc1F. The lowest BCUT2D eigenvalue weighted by molar-refractivity contribution is 0.556. The van der Waals surface area contributed by atoms with Crippen LogP contribution in [-0.4, -0.2) is 0 Å². The van der Waals surface area contributed by atoms with E-state index in [2.05, 4.69) is 38.3 Å². The molecule has 0 saturated carbocycles. The number of aryl methyl sites for hydroxylation is 1. The van der Waals surface area contributed by atoms with Crippen molar-refractivity contribution in [3.63, 3.8) is 0 Å². The molecule has 0 fully saturated rings. The molecule has 3 N–H and O–H groups in total. The first kappa shape index (κ1) is 15.7. The Hall–Kier alpha value is -1.71. The zero-order valence-corrected chi connectivity index (χ0v) is 13.1. The van der Waals surface area contributed by atoms with Gasteiger partial charge in [-0.15, -0.1) is 0 Å². The molecule has 0 bridgehead atoms. The number of hydrogen-bond acceptors (Lipinski definition) is 2. The number of hydrazine groups is 1. The highest BCUT2D eigenvalue weighted by atomic mass is 19.1. The third kappa shape index (κ3) is 3.31. The maximum atomic E-state index is 13.5. The lowest BCUT2D eigenvalue weighted by Gasteiger charge is -2.27. The molecule has 0 aliphatic rings. The highest BCUT2D eigenvalue weighted by Gasteiger charge is 2.23. The fraction of sp³-hybridized carbons (Fsp3) is 0.333. The van der Waals surface area contributed by atoms with Crippen LogP contribution in [0, 0.1) is 12.7 Å². The van der Waals surface area contributed by atoms with Gasteiger partial charge in [0.15, 0.2) is 0 Å². The Morgan fingerprint density at radius 2 is 1.76 bits per heavy atom. The van der Waals surface area contributed by atoms with E-state index in [1.807, 2.05) is 18.2 Å². The van der Waals surface area contributed by atoms with E-state index in [0.29, 0.717) is 5.56 Å². The molecule has 0 spiro atoms. The van der Waals surface area contributed by atoms with E-state index < -0.39 is 0 Å². The quantitative estimate of drug-likeness (QED) is 0.661. The lowest BCUT2D eigenvalue weighted by Crippen LogP contribution is -2.31. The number of halogens is 1. The average molecular weight is 286 g/mol. The first-order valence-electron chi connectivity index (χ1n) is 7.16. The molecule has 2 nitrogen and oxygen atoms in total. The van der Waals surface area contributed by atoms with Crippen molar-refractivity contribution >= 4 is 0 Å². The molecule has 0 amide bonds. The molecular formula is C18H23FN2. The fourth-order valence-corrected chi connectivity index (χ4v) is 2.64. The van der Waals surface area contributed by atoms with Crippen LogP contribution in [0.25, 0.3) is 0 Å². The van der Waals surface area contributed by atoms with E-state index in [-0.39, 0.29) is 17.3 Å². The Morgan fingerprint density at radius 1 is 1.10 bits per heavy atom. The van der Waals surface area contributed by atoms with Crippen LogP contribution < -0.4 is 11.3 Å². The van der Waals surface area contributed by atoms with E-state index in [4.69, 9.17) is 5.84 Å². The van der Waals surface area contributed by atoms with Gasteiger partial charge in [-0.3, -0.25) is 5.84 Å². The minimum absolute atomic E-state index is 0.0147. The maximum absolute atomic E-state index is 13.5. The Kier molecular flexibility index (Phi) is 4.45. The fourth-order valence-electron chi connectivity index (χ4n) is 2.64. The predicted octanol–water partition coefficient (Wildman–Crippen LogP) is 3.98. The van der Waals surface area contributed by atoms with E-state index >= 15 is 0 Å². The van der Waals surface area contributed by atoms with Gasteiger partial charge in [0.1, 0.15) is 5.82 Å². The van der Waals surface area contributed by atoms with Crippen molar-refractivity contribution in [1.29, 1.82) is 0 Å². The molecule has 0 heterocycles. The van der Waals surface area contributed by atoms with Gasteiger partial charge >= 0.3 is 0 Å². The molecule has 112 valence electrons. The summed E-state index contributed by atoms with van der Waals surface area (Å²) in [5.41, 5.74) is 6.83. The van der Waals surface area contributed by atoms with Crippen molar-refractivity contribution in [2.45, 2.75) is 39.2 Å². The number of nitrogens with one attached hydrogen (secondary N) is 1. The third-order valence-corrected chi connectivity index (χ3v) is 3.76. The predicted molar refractivity (Wildman–Crippen MR) is 85.4 cm³/mol. The van der Waals surface area contributed by atoms with E-state index in [1.165, 1.54) is 11.6 Å². The van der Waals surface area contributed by atoms with Crippen molar-refractivity contribution in [2.24, 2.45) is 5.84 Å². The van der Waals surface area contributed by atoms with Crippen LogP contribution in [-0.2, 0) is 5.41 Å². The van der Waals surface area contributed by atoms with Gasteiger partial charge in [0.25, 0.3) is 0 Å². The second kappa shape index (κ2) is 5.96. The molecule has 2 rings (SSSR count). The molecule has 3 heteroatoms. The number of rotatable bonds is 3.